The fourth-order valence-corrected chi connectivity index (χ4v) is 2.02. The van der Waals surface area contributed by atoms with E-state index in [1.165, 1.54) is 18.4 Å². The Labute approximate surface area is 108 Å². The van der Waals surface area contributed by atoms with E-state index in [2.05, 4.69) is 19.1 Å². The maximum Gasteiger partial charge on any atom is 0.115 e. The van der Waals surface area contributed by atoms with Crippen LogP contribution in [0.25, 0.3) is 11.1 Å². The van der Waals surface area contributed by atoms with E-state index in [0.29, 0.717) is 0 Å². The molecule has 0 heterocycles. The van der Waals surface area contributed by atoms with Crippen molar-refractivity contribution in [3.63, 3.8) is 0 Å². The minimum absolute atomic E-state index is 0.284. The molecule has 0 unspecified atom stereocenters. The van der Waals surface area contributed by atoms with Crippen molar-refractivity contribution in [1.29, 1.82) is 0 Å². The molecule has 0 amide bonds. The van der Waals surface area contributed by atoms with E-state index >= 15 is 0 Å². The Bertz CT molecular complexity index is 517. The number of aryl methyl sites for hydroxylation is 1. The lowest BCUT2D eigenvalue weighted by atomic mass is 10.00. The van der Waals surface area contributed by atoms with Crippen LogP contribution < -0.4 is 5.73 Å². The van der Waals surface area contributed by atoms with E-state index < -0.39 is 0 Å². The minimum atomic E-state index is 0.284. The topological polar surface area (TPSA) is 46.2 Å². The van der Waals surface area contributed by atoms with Crippen LogP contribution in [0.3, 0.4) is 0 Å². The van der Waals surface area contributed by atoms with Gasteiger partial charge >= 0.3 is 0 Å². The summed E-state index contributed by atoms with van der Waals surface area (Å²) in [5.41, 5.74) is 10.3. The molecule has 0 atom stereocenters. The number of phenols is 1. The summed E-state index contributed by atoms with van der Waals surface area (Å²) in [5, 5.41) is 9.27. The van der Waals surface area contributed by atoms with Crippen LogP contribution in [0, 0.1) is 0 Å². The van der Waals surface area contributed by atoms with Crippen molar-refractivity contribution in [3.05, 3.63) is 48.0 Å². The standard InChI is InChI=1S/C16H19NO/c1-2-3-4-13-5-6-14(11-16(13)17)12-7-9-15(18)10-8-12/h5-11,18H,2-4,17H2,1H3. The molecule has 0 bridgehead atoms. The van der Waals surface area contributed by atoms with E-state index in [0.717, 1.165) is 23.2 Å². The average molecular weight is 241 g/mol. The van der Waals surface area contributed by atoms with Gasteiger partial charge in [0.05, 0.1) is 0 Å². The van der Waals surface area contributed by atoms with E-state index in [4.69, 9.17) is 5.73 Å². The largest absolute Gasteiger partial charge is 0.508 e. The zero-order valence-electron chi connectivity index (χ0n) is 10.7. The molecule has 0 spiro atoms. The lowest BCUT2D eigenvalue weighted by molar-refractivity contribution is 0.475. The maximum atomic E-state index is 9.27. The monoisotopic (exact) mass is 241 g/mol. The smallest absolute Gasteiger partial charge is 0.115 e. The quantitative estimate of drug-likeness (QED) is 0.795. The second-order valence-corrected chi connectivity index (χ2v) is 4.56. The predicted molar refractivity (Wildman–Crippen MR) is 76.6 cm³/mol. The molecule has 94 valence electrons. The Balaban J connectivity index is 2.25. The summed E-state index contributed by atoms with van der Waals surface area (Å²) >= 11 is 0. The van der Waals surface area contributed by atoms with Crippen LogP contribution in [-0.4, -0.2) is 5.11 Å². The van der Waals surface area contributed by atoms with Crippen molar-refractivity contribution in [2.24, 2.45) is 0 Å². The molecule has 0 fully saturated rings. The predicted octanol–water partition coefficient (Wildman–Crippen LogP) is 3.98. The summed E-state index contributed by atoms with van der Waals surface area (Å²) in [7, 11) is 0. The second kappa shape index (κ2) is 5.58. The van der Waals surface area contributed by atoms with Crippen molar-refractivity contribution in [1.82, 2.24) is 0 Å². The van der Waals surface area contributed by atoms with Gasteiger partial charge in [-0.3, -0.25) is 0 Å². The van der Waals surface area contributed by atoms with E-state index in [9.17, 15) is 5.11 Å². The molecule has 2 heteroatoms. The molecule has 0 aliphatic carbocycles. The molecule has 0 aliphatic heterocycles. The van der Waals surface area contributed by atoms with Crippen LogP contribution in [0.5, 0.6) is 5.75 Å². The van der Waals surface area contributed by atoms with E-state index in [-0.39, 0.29) is 5.75 Å². The van der Waals surface area contributed by atoms with Gasteiger partial charge in [0.1, 0.15) is 5.75 Å². The molecule has 3 N–H and O–H groups in total. The van der Waals surface area contributed by atoms with Crippen molar-refractivity contribution >= 4 is 5.69 Å². The Hall–Kier alpha value is -1.96. The van der Waals surface area contributed by atoms with Crippen LogP contribution in [0.1, 0.15) is 25.3 Å². The van der Waals surface area contributed by atoms with Crippen LogP contribution in [0.15, 0.2) is 42.5 Å². The summed E-state index contributed by atoms with van der Waals surface area (Å²) < 4.78 is 0. The van der Waals surface area contributed by atoms with Crippen LogP contribution in [-0.2, 0) is 6.42 Å². The minimum Gasteiger partial charge on any atom is -0.508 e. The third-order valence-corrected chi connectivity index (χ3v) is 3.15. The van der Waals surface area contributed by atoms with Gasteiger partial charge in [0.2, 0.25) is 0 Å². The number of aromatic hydroxyl groups is 1. The Morgan fingerprint density at radius 3 is 2.28 bits per heavy atom. The van der Waals surface area contributed by atoms with E-state index in [1.807, 2.05) is 18.2 Å². The number of hydrogen-bond donors (Lipinski definition) is 2. The Kier molecular flexibility index (Phi) is 3.88. The van der Waals surface area contributed by atoms with Crippen molar-refractivity contribution in [3.8, 4) is 16.9 Å². The van der Waals surface area contributed by atoms with Gasteiger partial charge in [-0.1, -0.05) is 37.6 Å². The number of nitrogen functional groups attached to an aromatic ring is 1. The third kappa shape index (κ3) is 2.83. The highest BCUT2D eigenvalue weighted by atomic mass is 16.3. The normalized spacial score (nSPS) is 10.5. The molecule has 2 nitrogen and oxygen atoms in total. The number of benzene rings is 2. The molecule has 2 rings (SSSR count). The fourth-order valence-electron chi connectivity index (χ4n) is 2.02. The Morgan fingerprint density at radius 1 is 1.00 bits per heavy atom. The number of unbranched alkanes of at least 4 members (excludes halogenated alkanes) is 1. The summed E-state index contributed by atoms with van der Waals surface area (Å²) in [5.74, 6) is 0.284. The highest BCUT2D eigenvalue weighted by molar-refractivity contribution is 5.69. The zero-order chi connectivity index (χ0) is 13.0. The molecular formula is C16H19NO. The second-order valence-electron chi connectivity index (χ2n) is 4.56. The summed E-state index contributed by atoms with van der Waals surface area (Å²) in [4.78, 5) is 0. The first-order valence-electron chi connectivity index (χ1n) is 6.38. The van der Waals surface area contributed by atoms with Gasteiger partial charge in [-0.15, -0.1) is 0 Å². The molecule has 2 aromatic rings. The number of rotatable bonds is 4. The molecule has 0 aromatic heterocycles. The van der Waals surface area contributed by atoms with Gasteiger partial charge in [0.25, 0.3) is 0 Å². The highest BCUT2D eigenvalue weighted by Crippen LogP contribution is 2.26. The van der Waals surface area contributed by atoms with Gasteiger partial charge in [-0.25, -0.2) is 0 Å². The molecule has 18 heavy (non-hydrogen) atoms. The number of hydrogen-bond acceptors (Lipinski definition) is 2. The molecular weight excluding hydrogens is 222 g/mol. The number of anilines is 1. The van der Waals surface area contributed by atoms with Gasteiger partial charge in [-0.2, -0.15) is 0 Å². The Morgan fingerprint density at radius 2 is 1.67 bits per heavy atom. The lowest BCUT2D eigenvalue weighted by Gasteiger charge is -2.08. The van der Waals surface area contributed by atoms with Crippen molar-refractivity contribution in [2.45, 2.75) is 26.2 Å². The maximum absolute atomic E-state index is 9.27. The van der Waals surface area contributed by atoms with Crippen LogP contribution >= 0.6 is 0 Å². The van der Waals surface area contributed by atoms with Crippen molar-refractivity contribution < 1.29 is 5.11 Å². The lowest BCUT2D eigenvalue weighted by Crippen LogP contribution is -1.95. The number of phenolic OH excluding ortho intramolecular Hbond substituents is 1. The van der Waals surface area contributed by atoms with Gasteiger partial charge in [0, 0.05) is 5.69 Å². The first kappa shape index (κ1) is 12.5. The summed E-state index contributed by atoms with van der Waals surface area (Å²) in [6, 6.07) is 13.4. The van der Waals surface area contributed by atoms with Crippen molar-refractivity contribution in [2.75, 3.05) is 5.73 Å². The van der Waals surface area contributed by atoms with Gasteiger partial charge in [-0.05, 0) is 47.7 Å². The molecule has 0 saturated heterocycles. The zero-order valence-corrected chi connectivity index (χ0v) is 10.7. The molecule has 0 saturated carbocycles. The molecule has 2 aromatic carbocycles. The van der Waals surface area contributed by atoms with Crippen LogP contribution in [0.4, 0.5) is 5.69 Å². The fraction of sp³-hybridized carbons (Fsp3) is 0.250. The highest BCUT2D eigenvalue weighted by Gasteiger charge is 2.03. The molecule has 0 radical (unpaired) electrons. The molecule has 0 aliphatic rings. The first-order chi connectivity index (χ1) is 8.70. The van der Waals surface area contributed by atoms with E-state index in [1.54, 1.807) is 12.1 Å². The SMILES string of the molecule is CCCCc1ccc(-c2ccc(O)cc2)cc1N. The third-order valence-electron chi connectivity index (χ3n) is 3.15. The summed E-state index contributed by atoms with van der Waals surface area (Å²) in [6.07, 6.45) is 3.39. The van der Waals surface area contributed by atoms with Crippen LogP contribution in [0.2, 0.25) is 0 Å². The van der Waals surface area contributed by atoms with Gasteiger partial charge < -0.3 is 10.8 Å². The van der Waals surface area contributed by atoms with Gasteiger partial charge in [0.15, 0.2) is 0 Å². The summed E-state index contributed by atoms with van der Waals surface area (Å²) in [6.45, 7) is 2.18. The first-order valence-corrected chi connectivity index (χ1v) is 6.38. The average Bonchev–Trinajstić information content (AvgIpc) is 2.38. The number of nitrogens with two attached hydrogens (primary N) is 1.